The Labute approximate surface area is 152 Å². The van der Waals surface area contributed by atoms with E-state index in [4.69, 9.17) is 4.42 Å². The highest BCUT2D eigenvalue weighted by Gasteiger charge is 2.13. The topological polar surface area (TPSA) is 94.2 Å². The van der Waals surface area contributed by atoms with Crippen molar-refractivity contribution in [2.24, 2.45) is 0 Å². The summed E-state index contributed by atoms with van der Waals surface area (Å²) in [6.07, 6.45) is 1.51. The minimum absolute atomic E-state index is 0.0346. The Morgan fingerprint density at radius 3 is 2.56 bits per heavy atom. The summed E-state index contributed by atoms with van der Waals surface area (Å²) in [6.45, 7) is 0.135. The maximum atomic E-state index is 12.2. The van der Waals surface area contributed by atoms with E-state index in [1.807, 2.05) is 0 Å². The monoisotopic (exact) mass is 423 g/mol. The Bertz CT molecular complexity index is 1010. The van der Waals surface area contributed by atoms with E-state index in [2.05, 4.69) is 25.8 Å². The number of aromatic nitrogens is 2. The summed E-state index contributed by atoms with van der Waals surface area (Å²) in [6, 6.07) is 12.7. The molecule has 25 heavy (non-hydrogen) atoms. The standard InChI is InChI=1S/C16H14BrN3O4S/c17-12-3-5-13(6-4-12)25(22,23)18-9-10-20-16(21)8-7-14(19-20)15-2-1-11-24-15/h1-8,11,18H,9-10H2. The van der Waals surface area contributed by atoms with Crippen LogP contribution in [0.25, 0.3) is 11.5 Å². The molecule has 0 aliphatic carbocycles. The first kappa shape index (κ1) is 17.6. The van der Waals surface area contributed by atoms with Crippen LogP contribution < -0.4 is 10.3 Å². The van der Waals surface area contributed by atoms with Crippen molar-refractivity contribution in [2.75, 3.05) is 6.54 Å². The van der Waals surface area contributed by atoms with Crippen LogP contribution in [0.3, 0.4) is 0 Å². The smallest absolute Gasteiger partial charge is 0.266 e. The summed E-state index contributed by atoms with van der Waals surface area (Å²) in [5.41, 5.74) is 0.179. The molecule has 0 saturated heterocycles. The van der Waals surface area contributed by atoms with Gasteiger partial charge in [0.25, 0.3) is 5.56 Å². The van der Waals surface area contributed by atoms with E-state index in [9.17, 15) is 13.2 Å². The van der Waals surface area contributed by atoms with Crippen molar-refractivity contribution in [3.63, 3.8) is 0 Å². The van der Waals surface area contributed by atoms with Gasteiger partial charge in [-0.1, -0.05) is 15.9 Å². The number of furan rings is 1. The number of hydrogen-bond donors (Lipinski definition) is 1. The fourth-order valence-corrected chi connectivity index (χ4v) is 3.43. The Balaban J connectivity index is 1.70. The Kier molecular flexibility index (Phi) is 5.16. The van der Waals surface area contributed by atoms with Crippen LogP contribution in [0.15, 0.2) is 73.4 Å². The van der Waals surface area contributed by atoms with Gasteiger partial charge in [-0.25, -0.2) is 17.8 Å². The van der Waals surface area contributed by atoms with E-state index < -0.39 is 10.0 Å². The van der Waals surface area contributed by atoms with Crippen LogP contribution in [0.5, 0.6) is 0 Å². The van der Waals surface area contributed by atoms with Gasteiger partial charge in [-0.05, 0) is 42.5 Å². The van der Waals surface area contributed by atoms with Crippen LogP contribution >= 0.6 is 15.9 Å². The average Bonchev–Trinajstić information content (AvgIpc) is 3.11. The second-order valence-corrected chi connectivity index (χ2v) is 7.79. The summed E-state index contributed by atoms with van der Waals surface area (Å²) in [4.78, 5) is 12.0. The molecular formula is C16H14BrN3O4S. The molecule has 0 radical (unpaired) electrons. The molecule has 2 heterocycles. The Morgan fingerprint density at radius 1 is 1.12 bits per heavy atom. The van der Waals surface area contributed by atoms with Crippen molar-refractivity contribution in [3.05, 3.63) is 69.6 Å². The van der Waals surface area contributed by atoms with Gasteiger partial charge in [-0.3, -0.25) is 4.79 Å². The highest BCUT2D eigenvalue weighted by molar-refractivity contribution is 9.10. The predicted molar refractivity (Wildman–Crippen MR) is 95.5 cm³/mol. The lowest BCUT2D eigenvalue weighted by Crippen LogP contribution is -2.32. The molecule has 0 bridgehead atoms. The largest absolute Gasteiger partial charge is 0.463 e. The molecule has 0 unspecified atom stereocenters. The van der Waals surface area contributed by atoms with E-state index in [1.165, 1.54) is 29.1 Å². The van der Waals surface area contributed by atoms with Crippen LogP contribution in [-0.4, -0.2) is 24.7 Å². The first-order valence-electron chi connectivity index (χ1n) is 7.33. The molecule has 3 aromatic rings. The minimum Gasteiger partial charge on any atom is -0.463 e. The highest BCUT2D eigenvalue weighted by atomic mass is 79.9. The van der Waals surface area contributed by atoms with Gasteiger partial charge in [-0.2, -0.15) is 5.10 Å². The number of nitrogens with zero attached hydrogens (tertiary/aromatic N) is 2. The van der Waals surface area contributed by atoms with Crippen LogP contribution in [0, 0.1) is 0 Å². The first-order chi connectivity index (χ1) is 12.0. The van der Waals surface area contributed by atoms with Crippen LogP contribution in [0.1, 0.15) is 0 Å². The van der Waals surface area contributed by atoms with Crippen molar-refractivity contribution in [2.45, 2.75) is 11.4 Å². The normalized spacial score (nSPS) is 11.6. The lowest BCUT2D eigenvalue weighted by atomic mass is 10.3. The zero-order chi connectivity index (χ0) is 17.9. The lowest BCUT2D eigenvalue weighted by Gasteiger charge is -2.08. The third kappa shape index (κ3) is 4.25. The number of nitrogens with one attached hydrogen (secondary N) is 1. The second kappa shape index (κ2) is 7.34. The molecule has 0 aliphatic heterocycles. The molecule has 130 valence electrons. The summed E-state index contributed by atoms with van der Waals surface area (Å²) >= 11 is 3.26. The summed E-state index contributed by atoms with van der Waals surface area (Å²) in [7, 11) is -3.65. The highest BCUT2D eigenvalue weighted by Crippen LogP contribution is 2.15. The maximum Gasteiger partial charge on any atom is 0.266 e. The van der Waals surface area contributed by atoms with Gasteiger partial charge in [0.2, 0.25) is 10.0 Å². The molecule has 0 amide bonds. The van der Waals surface area contributed by atoms with Gasteiger partial charge in [0.05, 0.1) is 17.7 Å². The van der Waals surface area contributed by atoms with Gasteiger partial charge in [0.15, 0.2) is 5.76 Å². The van der Waals surface area contributed by atoms with Crippen molar-refractivity contribution < 1.29 is 12.8 Å². The molecule has 7 nitrogen and oxygen atoms in total. The van der Waals surface area contributed by atoms with E-state index in [0.717, 1.165) is 4.47 Å². The number of halogens is 1. The molecule has 9 heteroatoms. The summed E-state index contributed by atoms with van der Waals surface area (Å²) in [5, 5.41) is 4.19. The molecule has 0 spiro atoms. The molecule has 0 saturated carbocycles. The zero-order valence-electron chi connectivity index (χ0n) is 12.9. The number of sulfonamides is 1. The number of rotatable bonds is 6. The predicted octanol–water partition coefficient (Wildman–Crippen LogP) is 2.24. The zero-order valence-corrected chi connectivity index (χ0v) is 15.3. The Morgan fingerprint density at radius 2 is 1.88 bits per heavy atom. The molecule has 0 aliphatic rings. The average molecular weight is 424 g/mol. The van der Waals surface area contributed by atoms with Gasteiger partial charge in [-0.15, -0.1) is 0 Å². The van der Waals surface area contributed by atoms with Gasteiger partial charge in [0, 0.05) is 17.1 Å². The number of benzene rings is 1. The third-order valence-electron chi connectivity index (χ3n) is 3.38. The summed E-state index contributed by atoms with van der Waals surface area (Å²) in [5.74, 6) is 0.532. The third-order valence-corrected chi connectivity index (χ3v) is 5.39. The molecule has 1 aromatic carbocycles. The number of hydrogen-bond acceptors (Lipinski definition) is 5. The van der Waals surface area contributed by atoms with E-state index in [0.29, 0.717) is 11.5 Å². The lowest BCUT2D eigenvalue weighted by molar-refractivity contribution is 0.539. The fourth-order valence-electron chi connectivity index (χ4n) is 2.15. The maximum absolute atomic E-state index is 12.2. The van der Waals surface area contributed by atoms with E-state index >= 15 is 0 Å². The van der Waals surface area contributed by atoms with Crippen molar-refractivity contribution in [3.8, 4) is 11.5 Å². The molecule has 2 aromatic heterocycles. The van der Waals surface area contributed by atoms with Gasteiger partial charge >= 0.3 is 0 Å². The minimum atomic E-state index is -3.65. The summed E-state index contributed by atoms with van der Waals surface area (Å²) < 4.78 is 34.1. The van der Waals surface area contributed by atoms with Crippen LogP contribution in [0.4, 0.5) is 0 Å². The molecular weight excluding hydrogens is 410 g/mol. The van der Waals surface area contributed by atoms with E-state index in [-0.39, 0.29) is 23.5 Å². The van der Waals surface area contributed by atoms with Gasteiger partial charge < -0.3 is 4.42 Å². The molecule has 3 rings (SSSR count). The van der Waals surface area contributed by atoms with Crippen molar-refractivity contribution in [1.29, 1.82) is 0 Å². The van der Waals surface area contributed by atoms with Crippen molar-refractivity contribution in [1.82, 2.24) is 14.5 Å². The Hall–Kier alpha value is -2.23. The fraction of sp³-hybridized carbons (Fsp3) is 0.125. The quantitative estimate of drug-likeness (QED) is 0.655. The molecule has 0 atom stereocenters. The second-order valence-electron chi connectivity index (χ2n) is 5.11. The van der Waals surface area contributed by atoms with E-state index in [1.54, 1.807) is 30.3 Å². The first-order valence-corrected chi connectivity index (χ1v) is 9.61. The molecule has 0 fully saturated rings. The van der Waals surface area contributed by atoms with Gasteiger partial charge in [0.1, 0.15) is 5.69 Å². The SMILES string of the molecule is O=c1ccc(-c2ccco2)nn1CCNS(=O)(=O)c1ccc(Br)cc1. The van der Waals surface area contributed by atoms with Crippen LogP contribution in [0.2, 0.25) is 0 Å². The van der Waals surface area contributed by atoms with Crippen molar-refractivity contribution >= 4 is 26.0 Å². The van der Waals surface area contributed by atoms with Crippen LogP contribution in [-0.2, 0) is 16.6 Å². The molecule has 1 N–H and O–H groups in total.